The molecule has 1 amide bonds. The van der Waals surface area contributed by atoms with Crippen LogP contribution in [0, 0.1) is 12.8 Å². The molecule has 3 atom stereocenters. The van der Waals surface area contributed by atoms with Crippen LogP contribution in [0.3, 0.4) is 0 Å². The van der Waals surface area contributed by atoms with E-state index in [1.165, 1.54) is 16.0 Å². The van der Waals surface area contributed by atoms with Crippen molar-refractivity contribution in [1.29, 1.82) is 0 Å². The second-order valence-corrected chi connectivity index (χ2v) is 7.52. The van der Waals surface area contributed by atoms with Crippen LogP contribution in [-0.4, -0.2) is 12.5 Å². The first kappa shape index (κ1) is 15.5. The molecule has 0 saturated heterocycles. The van der Waals surface area contributed by atoms with Crippen molar-refractivity contribution in [3.63, 3.8) is 0 Å². The fourth-order valence-electron chi connectivity index (χ4n) is 4.03. The van der Waals surface area contributed by atoms with Crippen LogP contribution in [0.1, 0.15) is 51.7 Å². The van der Waals surface area contributed by atoms with Gasteiger partial charge in [0.2, 0.25) is 0 Å². The highest BCUT2D eigenvalue weighted by Gasteiger charge is 2.40. The first-order valence-electron chi connectivity index (χ1n) is 8.59. The number of aryl methyl sites for hydroxylation is 1. The molecule has 3 unspecified atom stereocenters. The molecular weight excluding hydrogens is 316 g/mol. The van der Waals surface area contributed by atoms with E-state index < -0.39 is 0 Å². The quantitative estimate of drug-likeness (QED) is 0.801. The second-order valence-electron chi connectivity index (χ2n) is 6.57. The van der Waals surface area contributed by atoms with Crippen LogP contribution in [-0.2, 0) is 0 Å². The molecule has 0 radical (unpaired) electrons. The molecule has 1 aliphatic carbocycles. The predicted octanol–water partition coefficient (Wildman–Crippen LogP) is 4.63. The monoisotopic (exact) mass is 338 g/mol. The number of anilines is 1. The van der Waals surface area contributed by atoms with Crippen molar-refractivity contribution in [3.8, 4) is 0 Å². The maximum absolute atomic E-state index is 12.5. The summed E-state index contributed by atoms with van der Waals surface area (Å²) in [6, 6.07) is 8.55. The molecule has 1 aromatic carbocycles. The van der Waals surface area contributed by atoms with E-state index in [0.29, 0.717) is 18.4 Å². The van der Waals surface area contributed by atoms with Crippen LogP contribution in [0.2, 0.25) is 0 Å². The minimum Gasteiger partial charge on any atom is -0.376 e. The highest BCUT2D eigenvalue weighted by atomic mass is 32.1. The lowest BCUT2D eigenvalue weighted by atomic mass is 9.77. The molecule has 2 heterocycles. The van der Waals surface area contributed by atoms with E-state index in [0.717, 1.165) is 17.7 Å². The van der Waals surface area contributed by atoms with Crippen LogP contribution in [0.5, 0.6) is 0 Å². The van der Waals surface area contributed by atoms with E-state index in [1.807, 2.05) is 30.4 Å². The minimum absolute atomic E-state index is 0.00364. The Kier molecular flexibility index (Phi) is 3.93. The number of rotatable bonds is 3. The molecule has 4 rings (SSSR count). The lowest BCUT2D eigenvalue weighted by molar-refractivity contribution is 0.0956. The molecule has 2 N–H and O–H groups in total. The summed E-state index contributed by atoms with van der Waals surface area (Å²) in [5, 5.41) is 8.83. The van der Waals surface area contributed by atoms with Crippen LogP contribution in [0.15, 0.2) is 41.8 Å². The van der Waals surface area contributed by atoms with Crippen molar-refractivity contribution in [1.82, 2.24) is 5.32 Å². The van der Waals surface area contributed by atoms with Gasteiger partial charge < -0.3 is 10.6 Å². The molecule has 3 nitrogen and oxygen atoms in total. The molecular formula is C20H22N2OS. The zero-order valence-electron chi connectivity index (χ0n) is 14.0. The summed E-state index contributed by atoms with van der Waals surface area (Å²) in [5.74, 6) is 0.922. The Hall–Kier alpha value is -2.07. The summed E-state index contributed by atoms with van der Waals surface area (Å²) < 4.78 is 0. The summed E-state index contributed by atoms with van der Waals surface area (Å²) >= 11 is 1.81. The number of amides is 1. The summed E-state index contributed by atoms with van der Waals surface area (Å²) in [6.45, 7) is 4.77. The molecule has 4 heteroatoms. The Labute approximate surface area is 146 Å². The number of benzene rings is 1. The lowest BCUT2D eigenvalue weighted by Crippen LogP contribution is -2.32. The fourth-order valence-corrected chi connectivity index (χ4v) is 5.08. The minimum atomic E-state index is 0.00364. The van der Waals surface area contributed by atoms with Crippen molar-refractivity contribution in [2.45, 2.75) is 32.2 Å². The van der Waals surface area contributed by atoms with Gasteiger partial charge in [-0.25, -0.2) is 0 Å². The number of allylic oxidation sites excluding steroid dienone is 2. The third-order valence-corrected chi connectivity index (χ3v) is 6.26. The summed E-state index contributed by atoms with van der Waals surface area (Å²) in [6.07, 6.45) is 5.70. The third-order valence-electron chi connectivity index (χ3n) is 5.16. The van der Waals surface area contributed by atoms with Crippen molar-refractivity contribution in [2.24, 2.45) is 5.92 Å². The van der Waals surface area contributed by atoms with E-state index in [4.69, 9.17) is 0 Å². The largest absolute Gasteiger partial charge is 0.376 e. The van der Waals surface area contributed by atoms with Crippen LogP contribution in [0.25, 0.3) is 0 Å². The number of fused-ring (bicyclic) bond motifs is 3. The average molecular weight is 338 g/mol. The van der Waals surface area contributed by atoms with Gasteiger partial charge in [0.05, 0.1) is 17.3 Å². The molecule has 0 bridgehead atoms. The number of carbonyl (C=O) groups excluding carboxylic acids is 1. The Morgan fingerprint density at radius 1 is 1.38 bits per heavy atom. The maximum Gasteiger partial charge on any atom is 0.253 e. The molecule has 2 aliphatic rings. The molecule has 124 valence electrons. The van der Waals surface area contributed by atoms with Crippen molar-refractivity contribution < 1.29 is 4.79 Å². The second kappa shape index (κ2) is 6.10. The van der Waals surface area contributed by atoms with Gasteiger partial charge in [-0.1, -0.05) is 24.3 Å². The van der Waals surface area contributed by atoms with Gasteiger partial charge in [-0.2, -0.15) is 0 Å². The standard InChI is InChI=1S/C20H22N2OS/c1-3-21-20(23)16-9-5-7-14-13-6-4-8-15(13)18(22-17(14)16)19-12(2)10-11-24-19/h4-7,9-11,13,15,18,22H,3,8H2,1-2H3,(H,21,23). The van der Waals surface area contributed by atoms with Gasteiger partial charge in [-0.15, -0.1) is 11.3 Å². The zero-order valence-corrected chi connectivity index (χ0v) is 14.8. The predicted molar refractivity (Wildman–Crippen MR) is 99.9 cm³/mol. The first-order chi connectivity index (χ1) is 11.7. The summed E-state index contributed by atoms with van der Waals surface area (Å²) in [5.41, 5.74) is 4.35. The van der Waals surface area contributed by atoms with Crippen LogP contribution in [0.4, 0.5) is 5.69 Å². The number of para-hydroxylation sites is 1. The van der Waals surface area contributed by atoms with Gasteiger partial charge in [0.1, 0.15) is 0 Å². The van der Waals surface area contributed by atoms with Crippen molar-refractivity contribution >= 4 is 22.9 Å². The molecule has 1 aromatic heterocycles. The van der Waals surface area contributed by atoms with Gasteiger partial charge in [0.15, 0.2) is 0 Å². The van der Waals surface area contributed by atoms with Crippen LogP contribution >= 0.6 is 11.3 Å². The first-order valence-corrected chi connectivity index (χ1v) is 9.47. The Morgan fingerprint density at radius 3 is 3.00 bits per heavy atom. The number of thiophene rings is 1. The SMILES string of the molecule is CCNC(=O)c1cccc2c1NC(c1sccc1C)C1CC=CC21. The smallest absolute Gasteiger partial charge is 0.253 e. The molecule has 0 saturated carbocycles. The van der Waals surface area contributed by atoms with E-state index in [1.54, 1.807) is 0 Å². The molecule has 0 fully saturated rings. The van der Waals surface area contributed by atoms with E-state index in [2.05, 4.69) is 47.2 Å². The highest BCUT2D eigenvalue weighted by Crippen LogP contribution is 2.51. The van der Waals surface area contributed by atoms with E-state index in [9.17, 15) is 4.79 Å². The number of hydrogen-bond donors (Lipinski definition) is 2. The average Bonchev–Trinajstić information content (AvgIpc) is 3.23. The number of carbonyl (C=O) groups is 1. The van der Waals surface area contributed by atoms with Crippen LogP contribution < -0.4 is 10.6 Å². The zero-order chi connectivity index (χ0) is 16.7. The Bertz CT molecular complexity index is 808. The number of hydrogen-bond acceptors (Lipinski definition) is 3. The molecule has 0 spiro atoms. The van der Waals surface area contributed by atoms with Crippen molar-refractivity contribution in [2.75, 3.05) is 11.9 Å². The number of nitrogens with one attached hydrogen (secondary N) is 2. The normalized spacial score (nSPS) is 24.2. The van der Waals surface area contributed by atoms with Gasteiger partial charge in [0, 0.05) is 17.3 Å². The van der Waals surface area contributed by atoms with Gasteiger partial charge in [0.25, 0.3) is 5.91 Å². The Morgan fingerprint density at radius 2 is 2.25 bits per heavy atom. The fraction of sp³-hybridized carbons (Fsp3) is 0.350. The Balaban J connectivity index is 1.81. The summed E-state index contributed by atoms with van der Waals surface area (Å²) in [4.78, 5) is 13.9. The van der Waals surface area contributed by atoms with Gasteiger partial charge >= 0.3 is 0 Å². The van der Waals surface area contributed by atoms with Crippen molar-refractivity contribution in [3.05, 3.63) is 63.4 Å². The van der Waals surface area contributed by atoms with Gasteiger partial charge in [-0.05, 0) is 54.8 Å². The van der Waals surface area contributed by atoms with Gasteiger partial charge in [-0.3, -0.25) is 4.79 Å². The maximum atomic E-state index is 12.5. The molecule has 2 aromatic rings. The lowest BCUT2D eigenvalue weighted by Gasteiger charge is -2.38. The molecule has 24 heavy (non-hydrogen) atoms. The topological polar surface area (TPSA) is 41.1 Å². The summed E-state index contributed by atoms with van der Waals surface area (Å²) in [7, 11) is 0. The molecule has 1 aliphatic heterocycles. The third kappa shape index (κ3) is 2.37. The van der Waals surface area contributed by atoms with E-state index in [-0.39, 0.29) is 11.9 Å². The van der Waals surface area contributed by atoms with E-state index >= 15 is 0 Å². The highest BCUT2D eigenvalue weighted by molar-refractivity contribution is 7.10.